The molecule has 2 atom stereocenters. The van der Waals surface area contributed by atoms with Gasteiger partial charge in [0.05, 0.1) is 11.5 Å². The lowest BCUT2D eigenvalue weighted by atomic mass is 9.92. The van der Waals surface area contributed by atoms with Crippen LogP contribution in [0.4, 0.5) is 0 Å². The molecule has 6 heteroatoms. The maximum atomic E-state index is 12.1. The summed E-state index contributed by atoms with van der Waals surface area (Å²) in [6.07, 6.45) is 2.15. The highest BCUT2D eigenvalue weighted by Crippen LogP contribution is 2.16. The summed E-state index contributed by atoms with van der Waals surface area (Å²) in [5, 5.41) is 6.20. The van der Waals surface area contributed by atoms with Crippen molar-refractivity contribution in [3.05, 3.63) is 35.9 Å². The largest absolute Gasteiger partial charge is 0.356 e. The van der Waals surface area contributed by atoms with Gasteiger partial charge in [0.25, 0.3) is 0 Å². The van der Waals surface area contributed by atoms with Crippen LogP contribution in [0.2, 0.25) is 0 Å². The third kappa shape index (κ3) is 6.31. The Labute approximate surface area is 138 Å². The Morgan fingerprint density at radius 1 is 1.30 bits per heavy atom. The van der Waals surface area contributed by atoms with E-state index in [0.717, 1.165) is 24.9 Å². The lowest BCUT2D eigenvalue weighted by Gasteiger charge is -2.27. The maximum Gasteiger partial charge on any atom is 0.223 e. The molecule has 23 heavy (non-hydrogen) atoms. The van der Waals surface area contributed by atoms with Crippen LogP contribution in [0.3, 0.4) is 0 Å². The molecule has 1 aliphatic heterocycles. The number of sulfone groups is 1. The molecule has 1 aromatic carbocycles. The first kappa shape index (κ1) is 17.9. The van der Waals surface area contributed by atoms with E-state index in [-0.39, 0.29) is 23.3 Å². The summed E-state index contributed by atoms with van der Waals surface area (Å²) in [6, 6.07) is 9.55. The molecule has 0 unspecified atom stereocenters. The normalized spacial score (nSPS) is 21.8. The number of piperidine rings is 1. The van der Waals surface area contributed by atoms with Crippen molar-refractivity contribution in [1.82, 2.24) is 10.6 Å². The van der Waals surface area contributed by atoms with Gasteiger partial charge in [-0.2, -0.15) is 0 Å². The van der Waals surface area contributed by atoms with Gasteiger partial charge in [0.15, 0.2) is 9.84 Å². The average molecular weight is 338 g/mol. The molecule has 0 saturated carbocycles. The predicted octanol–water partition coefficient (Wildman–Crippen LogP) is 1.50. The topological polar surface area (TPSA) is 75.3 Å². The second-order valence-electron chi connectivity index (χ2n) is 6.30. The molecule has 0 bridgehead atoms. The van der Waals surface area contributed by atoms with E-state index < -0.39 is 9.84 Å². The Bertz CT molecular complexity index is 602. The predicted molar refractivity (Wildman–Crippen MR) is 91.7 cm³/mol. The van der Waals surface area contributed by atoms with Gasteiger partial charge in [-0.05, 0) is 38.3 Å². The number of carbonyl (C=O) groups excluding carboxylic acids is 1. The van der Waals surface area contributed by atoms with Crippen LogP contribution in [-0.2, 0) is 20.4 Å². The lowest BCUT2D eigenvalue weighted by molar-refractivity contribution is -0.126. The van der Waals surface area contributed by atoms with Crippen molar-refractivity contribution in [3.8, 4) is 0 Å². The molecule has 5 nitrogen and oxygen atoms in total. The summed E-state index contributed by atoms with van der Waals surface area (Å²) < 4.78 is 24.1. The highest BCUT2D eigenvalue weighted by molar-refractivity contribution is 7.90. The molecule has 0 aromatic heterocycles. The Morgan fingerprint density at radius 3 is 2.74 bits per heavy atom. The molecule has 0 radical (unpaired) electrons. The summed E-state index contributed by atoms with van der Waals surface area (Å²) >= 11 is 0. The minimum Gasteiger partial charge on any atom is -0.356 e. The number of nitrogens with one attached hydrogen (secondary N) is 2. The molecule has 1 amide bonds. The standard InChI is InChI=1S/C17H26N2O3S/c1-14-12-16(8-10-18-14)17(20)19-9-5-11-23(21,22)13-15-6-3-2-4-7-15/h2-4,6-7,14,16,18H,5,8-13H2,1H3,(H,19,20)/t14-,16-/m0/s1. The van der Waals surface area contributed by atoms with Crippen LogP contribution in [0.5, 0.6) is 0 Å². The van der Waals surface area contributed by atoms with E-state index in [0.29, 0.717) is 19.0 Å². The monoisotopic (exact) mass is 338 g/mol. The second-order valence-corrected chi connectivity index (χ2v) is 8.48. The number of rotatable bonds is 7. The van der Waals surface area contributed by atoms with Crippen molar-refractivity contribution in [2.75, 3.05) is 18.8 Å². The van der Waals surface area contributed by atoms with E-state index >= 15 is 0 Å². The van der Waals surface area contributed by atoms with E-state index in [1.165, 1.54) is 0 Å². The van der Waals surface area contributed by atoms with Gasteiger partial charge < -0.3 is 10.6 Å². The smallest absolute Gasteiger partial charge is 0.223 e. The molecule has 1 aliphatic rings. The number of amides is 1. The number of benzene rings is 1. The van der Waals surface area contributed by atoms with Gasteiger partial charge in [-0.1, -0.05) is 30.3 Å². The fourth-order valence-electron chi connectivity index (χ4n) is 2.92. The quantitative estimate of drug-likeness (QED) is 0.739. The molecule has 128 valence electrons. The Kier molecular flexibility index (Phi) is 6.59. The zero-order valence-electron chi connectivity index (χ0n) is 13.6. The summed E-state index contributed by atoms with van der Waals surface area (Å²) in [6.45, 7) is 3.37. The van der Waals surface area contributed by atoms with Gasteiger partial charge in [-0.25, -0.2) is 8.42 Å². The second kappa shape index (κ2) is 8.45. The maximum absolute atomic E-state index is 12.1. The van der Waals surface area contributed by atoms with Crippen LogP contribution in [0.15, 0.2) is 30.3 Å². The summed E-state index contributed by atoms with van der Waals surface area (Å²) in [5.41, 5.74) is 0.806. The van der Waals surface area contributed by atoms with Crippen molar-refractivity contribution >= 4 is 15.7 Å². The lowest BCUT2D eigenvalue weighted by Crippen LogP contribution is -2.42. The number of hydrogen-bond acceptors (Lipinski definition) is 4. The van der Waals surface area contributed by atoms with Crippen molar-refractivity contribution < 1.29 is 13.2 Å². The summed E-state index contributed by atoms with van der Waals surface area (Å²) in [5.74, 6) is 0.268. The first-order valence-electron chi connectivity index (χ1n) is 8.22. The van der Waals surface area contributed by atoms with Crippen LogP contribution in [-0.4, -0.2) is 39.2 Å². The van der Waals surface area contributed by atoms with Gasteiger partial charge in [-0.3, -0.25) is 4.79 Å². The van der Waals surface area contributed by atoms with E-state index in [2.05, 4.69) is 17.6 Å². The van der Waals surface area contributed by atoms with Gasteiger partial charge >= 0.3 is 0 Å². The minimum atomic E-state index is -3.13. The molecular formula is C17H26N2O3S. The molecular weight excluding hydrogens is 312 g/mol. The molecule has 1 aromatic rings. The summed E-state index contributed by atoms with van der Waals surface area (Å²) in [4.78, 5) is 12.1. The van der Waals surface area contributed by atoms with E-state index in [1.54, 1.807) is 0 Å². The molecule has 1 heterocycles. The van der Waals surface area contributed by atoms with Crippen molar-refractivity contribution in [2.24, 2.45) is 5.92 Å². The van der Waals surface area contributed by atoms with Crippen LogP contribution in [0.25, 0.3) is 0 Å². The van der Waals surface area contributed by atoms with E-state index in [4.69, 9.17) is 0 Å². The minimum absolute atomic E-state index is 0.0483. The third-order valence-electron chi connectivity index (χ3n) is 4.16. The van der Waals surface area contributed by atoms with Crippen LogP contribution >= 0.6 is 0 Å². The molecule has 0 aliphatic carbocycles. The first-order chi connectivity index (χ1) is 11.0. The SMILES string of the molecule is C[C@H]1C[C@@H](C(=O)NCCCS(=O)(=O)Cc2ccccc2)CCN1. The van der Waals surface area contributed by atoms with Gasteiger partial charge in [0.1, 0.15) is 0 Å². The van der Waals surface area contributed by atoms with Gasteiger partial charge in [0.2, 0.25) is 5.91 Å². The number of hydrogen-bond donors (Lipinski definition) is 2. The first-order valence-corrected chi connectivity index (χ1v) is 10.0. The van der Waals surface area contributed by atoms with Crippen molar-refractivity contribution in [3.63, 3.8) is 0 Å². The third-order valence-corrected chi connectivity index (χ3v) is 5.84. The number of carbonyl (C=O) groups is 1. The molecule has 1 fully saturated rings. The Morgan fingerprint density at radius 2 is 2.04 bits per heavy atom. The fraction of sp³-hybridized carbons (Fsp3) is 0.588. The van der Waals surface area contributed by atoms with Crippen LogP contribution in [0.1, 0.15) is 31.7 Å². The van der Waals surface area contributed by atoms with Gasteiger partial charge in [0, 0.05) is 18.5 Å². The fourth-order valence-corrected chi connectivity index (χ4v) is 4.35. The highest BCUT2D eigenvalue weighted by Gasteiger charge is 2.24. The molecule has 0 spiro atoms. The average Bonchev–Trinajstić information content (AvgIpc) is 2.52. The van der Waals surface area contributed by atoms with Crippen LogP contribution in [0, 0.1) is 5.92 Å². The molecule has 1 saturated heterocycles. The van der Waals surface area contributed by atoms with Gasteiger partial charge in [-0.15, -0.1) is 0 Å². The van der Waals surface area contributed by atoms with E-state index in [9.17, 15) is 13.2 Å². The Hall–Kier alpha value is -1.40. The summed E-state index contributed by atoms with van der Waals surface area (Å²) in [7, 11) is -3.13. The van der Waals surface area contributed by atoms with Crippen LogP contribution < -0.4 is 10.6 Å². The highest BCUT2D eigenvalue weighted by atomic mass is 32.2. The molecule has 2 rings (SSSR count). The zero-order valence-corrected chi connectivity index (χ0v) is 14.4. The van der Waals surface area contributed by atoms with Crippen molar-refractivity contribution in [1.29, 1.82) is 0 Å². The Balaban J connectivity index is 1.69. The zero-order chi connectivity index (χ0) is 16.7. The molecule has 2 N–H and O–H groups in total. The van der Waals surface area contributed by atoms with E-state index in [1.807, 2.05) is 30.3 Å². The van der Waals surface area contributed by atoms with Crippen molar-refractivity contribution in [2.45, 2.75) is 38.0 Å².